The van der Waals surface area contributed by atoms with E-state index in [4.69, 9.17) is 9.90 Å². The Kier molecular flexibility index (Phi) is 10.1. The minimum atomic E-state index is -0.833. The van der Waals surface area contributed by atoms with Crippen LogP contribution in [0, 0.1) is 5.41 Å². The van der Waals surface area contributed by atoms with Crippen LogP contribution < -0.4 is 0 Å². The van der Waals surface area contributed by atoms with Crippen molar-refractivity contribution in [3.8, 4) is 0 Å². The molecule has 0 aliphatic heterocycles. The molecule has 2 rings (SSSR count). The van der Waals surface area contributed by atoms with Crippen LogP contribution in [-0.4, -0.2) is 41.9 Å². The van der Waals surface area contributed by atoms with Gasteiger partial charge < -0.3 is 10.0 Å². The summed E-state index contributed by atoms with van der Waals surface area (Å²) in [6.07, 6.45) is 10.8. The number of ketones is 1. The Morgan fingerprint density at radius 2 is 1.65 bits per heavy atom. The summed E-state index contributed by atoms with van der Waals surface area (Å²) < 4.78 is 0. The second-order valence-corrected chi connectivity index (χ2v) is 7.75. The van der Waals surface area contributed by atoms with Crippen molar-refractivity contribution in [3.05, 3.63) is 11.6 Å². The van der Waals surface area contributed by atoms with Gasteiger partial charge in [0.2, 0.25) is 0 Å². The number of nitrogens with zero attached hydrogens (tertiary/aromatic N) is 1. The summed E-state index contributed by atoms with van der Waals surface area (Å²) >= 11 is 0. The molecule has 0 aromatic heterocycles. The first kappa shape index (κ1) is 21.8. The van der Waals surface area contributed by atoms with Gasteiger partial charge in [0.1, 0.15) is 0 Å². The van der Waals surface area contributed by atoms with Gasteiger partial charge in [0.25, 0.3) is 5.97 Å². The van der Waals surface area contributed by atoms with Gasteiger partial charge in [-0.05, 0) is 51.8 Å². The number of carbonyl (C=O) groups excluding carboxylic acids is 1. The van der Waals surface area contributed by atoms with E-state index in [1.165, 1.54) is 37.7 Å². The van der Waals surface area contributed by atoms with Crippen LogP contribution in [0.3, 0.4) is 0 Å². The maximum Gasteiger partial charge on any atom is 0.300 e. The fraction of sp³-hybridized carbons (Fsp3) is 0.789. The van der Waals surface area contributed by atoms with Crippen LogP contribution in [-0.2, 0) is 9.59 Å². The largest absolute Gasteiger partial charge is 0.481 e. The number of allylic oxidation sites excluding steroid dienone is 2. The van der Waals surface area contributed by atoms with Gasteiger partial charge in [-0.3, -0.25) is 9.59 Å². The Morgan fingerprint density at radius 1 is 1.17 bits per heavy atom. The van der Waals surface area contributed by atoms with Gasteiger partial charge in [-0.2, -0.15) is 0 Å². The Labute approximate surface area is 141 Å². The summed E-state index contributed by atoms with van der Waals surface area (Å²) in [5.74, 6) is -0.547. The van der Waals surface area contributed by atoms with E-state index < -0.39 is 5.97 Å². The number of rotatable bonds is 1. The zero-order chi connectivity index (χ0) is 18.0. The molecule has 0 radical (unpaired) electrons. The molecule has 0 atom stereocenters. The van der Waals surface area contributed by atoms with Crippen molar-refractivity contribution in [2.75, 3.05) is 14.1 Å². The molecule has 0 amide bonds. The minimum Gasteiger partial charge on any atom is -0.481 e. The second kappa shape index (κ2) is 10.6. The molecule has 1 saturated carbocycles. The fourth-order valence-corrected chi connectivity index (χ4v) is 3.26. The minimum absolute atomic E-state index is 0.204. The number of hydrogen-bond acceptors (Lipinski definition) is 3. The molecule has 134 valence electrons. The lowest BCUT2D eigenvalue weighted by molar-refractivity contribution is -0.134. The van der Waals surface area contributed by atoms with E-state index in [2.05, 4.69) is 32.8 Å². The molecule has 1 fully saturated rings. The predicted octanol–water partition coefficient (Wildman–Crippen LogP) is 4.29. The van der Waals surface area contributed by atoms with Crippen molar-refractivity contribution >= 4 is 11.8 Å². The standard InChI is InChI=1S/C9H14O.C8H17N.C2H4O2/c1-7-4-8(10)6-9(2,3)5-7;1-9(2)8-6-4-3-5-7-8;1-2(3)4/h4H,5-6H2,1-3H3;8H,3-7H2,1-2H3;1H3,(H,3,4). The third-order valence-corrected chi connectivity index (χ3v) is 4.12. The average molecular weight is 325 g/mol. The van der Waals surface area contributed by atoms with Crippen molar-refractivity contribution < 1.29 is 14.7 Å². The first-order chi connectivity index (χ1) is 10.5. The number of aliphatic carboxylic acids is 1. The van der Waals surface area contributed by atoms with Crippen molar-refractivity contribution in [3.63, 3.8) is 0 Å². The van der Waals surface area contributed by atoms with E-state index in [-0.39, 0.29) is 11.2 Å². The second-order valence-electron chi connectivity index (χ2n) is 7.75. The number of carbonyl (C=O) groups is 2. The zero-order valence-electron chi connectivity index (χ0n) is 15.8. The van der Waals surface area contributed by atoms with Gasteiger partial charge in [-0.25, -0.2) is 0 Å². The molecule has 0 saturated heterocycles. The van der Waals surface area contributed by atoms with Crippen LogP contribution in [0.4, 0.5) is 0 Å². The van der Waals surface area contributed by atoms with E-state index in [0.717, 1.165) is 19.4 Å². The summed E-state index contributed by atoms with van der Waals surface area (Å²) in [6.45, 7) is 7.39. The van der Waals surface area contributed by atoms with Gasteiger partial charge in [0.05, 0.1) is 0 Å². The molecular formula is C19H35NO3. The lowest BCUT2D eigenvalue weighted by Crippen LogP contribution is -2.29. The Hall–Kier alpha value is -1.16. The molecular weight excluding hydrogens is 290 g/mol. The molecule has 2 aliphatic rings. The number of carboxylic acid groups (broad SMARTS) is 1. The molecule has 23 heavy (non-hydrogen) atoms. The molecule has 0 aromatic carbocycles. The van der Waals surface area contributed by atoms with E-state index in [1.54, 1.807) is 6.08 Å². The lowest BCUT2D eigenvalue weighted by atomic mass is 9.77. The highest BCUT2D eigenvalue weighted by molar-refractivity contribution is 5.91. The van der Waals surface area contributed by atoms with Gasteiger partial charge in [0, 0.05) is 19.4 Å². The summed E-state index contributed by atoms with van der Waals surface area (Å²) in [4.78, 5) is 22.4. The number of carboxylic acids is 1. The van der Waals surface area contributed by atoms with Crippen LogP contribution in [0.1, 0.15) is 72.6 Å². The van der Waals surface area contributed by atoms with E-state index >= 15 is 0 Å². The molecule has 0 spiro atoms. The summed E-state index contributed by atoms with van der Waals surface area (Å²) in [5.41, 5.74) is 1.43. The Bertz CT molecular complexity index is 401. The normalized spacial score (nSPS) is 20.7. The van der Waals surface area contributed by atoms with E-state index in [9.17, 15) is 4.79 Å². The topological polar surface area (TPSA) is 57.6 Å². The van der Waals surface area contributed by atoms with Gasteiger partial charge in [-0.1, -0.05) is 38.7 Å². The summed E-state index contributed by atoms with van der Waals surface area (Å²) in [5, 5.41) is 7.42. The molecule has 0 aromatic rings. The molecule has 0 unspecified atom stereocenters. The molecule has 2 aliphatic carbocycles. The van der Waals surface area contributed by atoms with Crippen molar-refractivity contribution in [2.45, 2.75) is 78.7 Å². The van der Waals surface area contributed by atoms with Crippen LogP contribution in [0.15, 0.2) is 11.6 Å². The predicted molar refractivity (Wildman–Crippen MR) is 95.6 cm³/mol. The summed E-state index contributed by atoms with van der Waals surface area (Å²) in [7, 11) is 4.38. The summed E-state index contributed by atoms with van der Waals surface area (Å²) in [6, 6.07) is 0.888. The van der Waals surface area contributed by atoms with E-state index in [1.807, 2.05) is 6.92 Å². The third kappa shape index (κ3) is 12.0. The van der Waals surface area contributed by atoms with Gasteiger partial charge >= 0.3 is 0 Å². The SMILES string of the molecule is CC(=O)O.CC1=CC(=O)CC(C)(C)C1.CN(C)C1CCCCC1. The van der Waals surface area contributed by atoms with Crippen LogP contribution in [0.5, 0.6) is 0 Å². The average Bonchev–Trinajstić information content (AvgIpc) is 2.36. The molecule has 4 heteroatoms. The van der Waals surface area contributed by atoms with Crippen LogP contribution >= 0.6 is 0 Å². The van der Waals surface area contributed by atoms with Crippen molar-refractivity contribution in [2.24, 2.45) is 5.41 Å². The van der Waals surface area contributed by atoms with Crippen molar-refractivity contribution in [1.29, 1.82) is 0 Å². The monoisotopic (exact) mass is 325 g/mol. The van der Waals surface area contributed by atoms with Crippen molar-refractivity contribution in [1.82, 2.24) is 4.90 Å². The molecule has 4 nitrogen and oxygen atoms in total. The first-order valence-corrected chi connectivity index (χ1v) is 8.59. The highest BCUT2D eigenvalue weighted by Gasteiger charge is 2.25. The third-order valence-electron chi connectivity index (χ3n) is 4.12. The molecule has 0 heterocycles. The van der Waals surface area contributed by atoms with E-state index in [0.29, 0.717) is 6.42 Å². The Balaban J connectivity index is 0.000000345. The highest BCUT2D eigenvalue weighted by atomic mass is 16.4. The van der Waals surface area contributed by atoms with Crippen LogP contribution in [0.25, 0.3) is 0 Å². The molecule has 1 N–H and O–H groups in total. The van der Waals surface area contributed by atoms with Crippen LogP contribution in [0.2, 0.25) is 0 Å². The lowest BCUT2D eigenvalue weighted by Gasteiger charge is -2.27. The maximum absolute atomic E-state index is 11.0. The highest BCUT2D eigenvalue weighted by Crippen LogP contribution is 2.32. The first-order valence-electron chi connectivity index (χ1n) is 8.59. The number of hydrogen-bond donors (Lipinski definition) is 1. The van der Waals surface area contributed by atoms with Gasteiger partial charge in [0.15, 0.2) is 5.78 Å². The Morgan fingerprint density at radius 3 is 1.96 bits per heavy atom. The maximum atomic E-state index is 11.0. The molecule has 0 bridgehead atoms. The fourth-order valence-electron chi connectivity index (χ4n) is 3.26. The smallest absolute Gasteiger partial charge is 0.300 e. The quantitative estimate of drug-likeness (QED) is 0.781. The van der Waals surface area contributed by atoms with Gasteiger partial charge in [-0.15, -0.1) is 0 Å². The zero-order valence-corrected chi connectivity index (χ0v) is 15.8.